The first-order chi connectivity index (χ1) is 8.79. The SMILES string of the molecule is C[C@H](CCO)CNc1noc(-c2ccccc2)n1. The van der Waals surface area contributed by atoms with Gasteiger partial charge in [-0.05, 0) is 29.6 Å². The number of nitrogens with one attached hydrogen (secondary N) is 1. The van der Waals surface area contributed by atoms with Crippen LogP contribution < -0.4 is 5.32 Å². The van der Waals surface area contributed by atoms with Gasteiger partial charge in [-0.15, -0.1) is 0 Å². The molecule has 0 aliphatic carbocycles. The van der Waals surface area contributed by atoms with Gasteiger partial charge in [-0.2, -0.15) is 4.98 Å². The van der Waals surface area contributed by atoms with E-state index in [1.165, 1.54) is 0 Å². The van der Waals surface area contributed by atoms with Crippen LogP contribution in [-0.4, -0.2) is 28.4 Å². The largest absolute Gasteiger partial charge is 0.396 e. The number of aliphatic hydroxyl groups excluding tert-OH is 1. The first-order valence-electron chi connectivity index (χ1n) is 6.03. The quantitative estimate of drug-likeness (QED) is 0.818. The van der Waals surface area contributed by atoms with Crippen LogP contribution in [-0.2, 0) is 0 Å². The van der Waals surface area contributed by atoms with E-state index >= 15 is 0 Å². The number of anilines is 1. The normalized spacial score (nSPS) is 12.3. The molecular formula is C13H17N3O2. The minimum Gasteiger partial charge on any atom is -0.396 e. The molecule has 5 nitrogen and oxygen atoms in total. The summed E-state index contributed by atoms with van der Waals surface area (Å²) < 4.78 is 5.17. The van der Waals surface area contributed by atoms with Crippen molar-refractivity contribution in [2.45, 2.75) is 13.3 Å². The van der Waals surface area contributed by atoms with E-state index in [0.29, 0.717) is 24.3 Å². The van der Waals surface area contributed by atoms with E-state index in [1.807, 2.05) is 30.3 Å². The van der Waals surface area contributed by atoms with E-state index in [4.69, 9.17) is 9.63 Å². The Balaban J connectivity index is 1.95. The van der Waals surface area contributed by atoms with Gasteiger partial charge in [-0.1, -0.05) is 25.1 Å². The summed E-state index contributed by atoms with van der Waals surface area (Å²) in [6, 6.07) is 9.64. The van der Waals surface area contributed by atoms with Crippen LogP contribution in [0.4, 0.5) is 5.95 Å². The van der Waals surface area contributed by atoms with Gasteiger partial charge in [0.1, 0.15) is 0 Å². The fourth-order valence-corrected chi connectivity index (χ4v) is 1.58. The van der Waals surface area contributed by atoms with Crippen molar-refractivity contribution in [2.24, 2.45) is 5.92 Å². The van der Waals surface area contributed by atoms with Gasteiger partial charge in [-0.3, -0.25) is 0 Å². The Bertz CT molecular complexity index is 470. The maximum atomic E-state index is 8.81. The van der Waals surface area contributed by atoms with E-state index in [-0.39, 0.29) is 6.61 Å². The molecule has 18 heavy (non-hydrogen) atoms. The Morgan fingerprint density at radius 1 is 1.33 bits per heavy atom. The van der Waals surface area contributed by atoms with Crippen molar-refractivity contribution in [3.63, 3.8) is 0 Å². The Morgan fingerprint density at radius 3 is 2.83 bits per heavy atom. The fourth-order valence-electron chi connectivity index (χ4n) is 1.58. The highest BCUT2D eigenvalue weighted by atomic mass is 16.5. The van der Waals surface area contributed by atoms with Crippen molar-refractivity contribution < 1.29 is 9.63 Å². The fraction of sp³-hybridized carbons (Fsp3) is 0.385. The van der Waals surface area contributed by atoms with Gasteiger partial charge in [0.25, 0.3) is 11.8 Å². The number of benzene rings is 1. The van der Waals surface area contributed by atoms with Crippen LogP contribution in [0.5, 0.6) is 0 Å². The number of nitrogens with zero attached hydrogens (tertiary/aromatic N) is 2. The second-order valence-electron chi connectivity index (χ2n) is 4.29. The van der Waals surface area contributed by atoms with Crippen molar-refractivity contribution in [3.8, 4) is 11.5 Å². The lowest BCUT2D eigenvalue weighted by molar-refractivity contribution is 0.265. The number of aliphatic hydroxyl groups is 1. The van der Waals surface area contributed by atoms with Crippen molar-refractivity contribution in [3.05, 3.63) is 30.3 Å². The van der Waals surface area contributed by atoms with Crippen LogP contribution in [0.2, 0.25) is 0 Å². The molecule has 0 unspecified atom stereocenters. The lowest BCUT2D eigenvalue weighted by Crippen LogP contribution is -2.13. The molecule has 2 N–H and O–H groups in total. The standard InChI is InChI=1S/C13H17N3O2/c1-10(7-8-17)9-14-13-15-12(18-16-13)11-5-3-2-4-6-11/h2-6,10,17H,7-9H2,1H3,(H,14,16)/t10-/m1/s1. The number of rotatable bonds is 6. The van der Waals surface area contributed by atoms with Crippen LogP contribution in [0.15, 0.2) is 34.9 Å². The molecule has 2 rings (SSSR count). The second kappa shape index (κ2) is 6.16. The maximum absolute atomic E-state index is 8.81. The highest BCUT2D eigenvalue weighted by molar-refractivity contribution is 5.53. The van der Waals surface area contributed by atoms with E-state index in [2.05, 4.69) is 22.4 Å². The summed E-state index contributed by atoms with van der Waals surface area (Å²) in [6.07, 6.45) is 0.760. The van der Waals surface area contributed by atoms with Gasteiger partial charge in [0.05, 0.1) is 0 Å². The molecule has 0 radical (unpaired) electrons. The Hall–Kier alpha value is -1.88. The van der Waals surface area contributed by atoms with Gasteiger partial charge in [0.15, 0.2) is 0 Å². The molecule has 1 aromatic heterocycles. The van der Waals surface area contributed by atoms with Gasteiger partial charge < -0.3 is 14.9 Å². The molecule has 96 valence electrons. The number of hydrogen-bond donors (Lipinski definition) is 2. The van der Waals surface area contributed by atoms with E-state index in [9.17, 15) is 0 Å². The average Bonchev–Trinajstić information content (AvgIpc) is 2.87. The molecule has 1 heterocycles. The molecular weight excluding hydrogens is 230 g/mol. The molecule has 0 bridgehead atoms. The predicted molar refractivity (Wildman–Crippen MR) is 69.1 cm³/mol. The molecule has 2 aromatic rings. The van der Waals surface area contributed by atoms with Gasteiger partial charge in [0, 0.05) is 18.7 Å². The molecule has 0 aliphatic heterocycles. The summed E-state index contributed by atoms with van der Waals surface area (Å²) in [6.45, 7) is 2.97. The summed E-state index contributed by atoms with van der Waals surface area (Å²) in [5.41, 5.74) is 0.904. The third kappa shape index (κ3) is 3.30. The lowest BCUT2D eigenvalue weighted by Gasteiger charge is -2.08. The first kappa shape index (κ1) is 12.6. The van der Waals surface area contributed by atoms with Crippen molar-refractivity contribution in [1.82, 2.24) is 10.1 Å². The van der Waals surface area contributed by atoms with Crippen LogP contribution in [0.1, 0.15) is 13.3 Å². The third-order valence-corrected chi connectivity index (χ3v) is 2.68. The maximum Gasteiger partial charge on any atom is 0.263 e. The summed E-state index contributed by atoms with van der Waals surface area (Å²) in [4.78, 5) is 4.26. The second-order valence-corrected chi connectivity index (χ2v) is 4.29. The van der Waals surface area contributed by atoms with Crippen molar-refractivity contribution in [2.75, 3.05) is 18.5 Å². The average molecular weight is 247 g/mol. The molecule has 0 amide bonds. The van der Waals surface area contributed by atoms with Crippen LogP contribution >= 0.6 is 0 Å². The molecule has 1 aromatic carbocycles. The highest BCUT2D eigenvalue weighted by Crippen LogP contribution is 2.17. The zero-order valence-electron chi connectivity index (χ0n) is 10.3. The molecule has 5 heteroatoms. The highest BCUT2D eigenvalue weighted by Gasteiger charge is 2.08. The van der Waals surface area contributed by atoms with Crippen molar-refractivity contribution in [1.29, 1.82) is 0 Å². The Kier molecular flexibility index (Phi) is 4.30. The van der Waals surface area contributed by atoms with Gasteiger partial charge in [0.2, 0.25) is 0 Å². The molecule has 0 saturated heterocycles. The number of hydrogen-bond acceptors (Lipinski definition) is 5. The van der Waals surface area contributed by atoms with E-state index in [0.717, 1.165) is 12.0 Å². The molecule has 0 aliphatic rings. The first-order valence-corrected chi connectivity index (χ1v) is 6.03. The summed E-state index contributed by atoms with van der Waals surface area (Å²) in [5, 5.41) is 15.8. The smallest absolute Gasteiger partial charge is 0.263 e. The Morgan fingerprint density at radius 2 is 2.11 bits per heavy atom. The monoisotopic (exact) mass is 247 g/mol. The van der Waals surface area contributed by atoms with Crippen LogP contribution in [0.3, 0.4) is 0 Å². The topological polar surface area (TPSA) is 71.2 Å². The molecule has 1 atom stereocenters. The summed E-state index contributed by atoms with van der Waals surface area (Å²) in [7, 11) is 0. The molecule has 0 spiro atoms. The van der Waals surface area contributed by atoms with Gasteiger partial charge in [-0.25, -0.2) is 0 Å². The predicted octanol–water partition coefficient (Wildman–Crippen LogP) is 2.17. The third-order valence-electron chi connectivity index (χ3n) is 2.68. The van der Waals surface area contributed by atoms with E-state index in [1.54, 1.807) is 0 Å². The molecule has 0 fully saturated rings. The van der Waals surface area contributed by atoms with Crippen LogP contribution in [0.25, 0.3) is 11.5 Å². The minimum absolute atomic E-state index is 0.199. The zero-order chi connectivity index (χ0) is 12.8. The Labute approximate surface area is 106 Å². The van der Waals surface area contributed by atoms with Crippen LogP contribution in [0, 0.1) is 5.92 Å². The summed E-state index contributed by atoms with van der Waals surface area (Å²) >= 11 is 0. The molecule has 0 saturated carbocycles. The minimum atomic E-state index is 0.199. The number of aromatic nitrogens is 2. The summed E-state index contributed by atoms with van der Waals surface area (Å²) in [5.74, 6) is 1.36. The van der Waals surface area contributed by atoms with E-state index < -0.39 is 0 Å². The van der Waals surface area contributed by atoms with Gasteiger partial charge >= 0.3 is 0 Å². The zero-order valence-corrected chi connectivity index (χ0v) is 10.3. The van der Waals surface area contributed by atoms with Crippen molar-refractivity contribution >= 4 is 5.95 Å². The lowest BCUT2D eigenvalue weighted by atomic mass is 10.1.